The molecule has 1 aliphatic rings. The summed E-state index contributed by atoms with van der Waals surface area (Å²) < 4.78 is 6.58. The summed E-state index contributed by atoms with van der Waals surface area (Å²) in [7, 11) is 1.73. The van der Waals surface area contributed by atoms with Crippen LogP contribution in [-0.2, 0) is 0 Å². The van der Waals surface area contributed by atoms with Crippen LogP contribution in [0.15, 0.2) is 22.7 Å². The first-order chi connectivity index (χ1) is 8.91. The SMILES string of the molecule is COc1ccc(Br)cc1N1CCNC(C(C)(C)C)C1. The average Bonchev–Trinajstić information content (AvgIpc) is 2.38. The van der Waals surface area contributed by atoms with Crippen LogP contribution in [0.5, 0.6) is 5.75 Å². The smallest absolute Gasteiger partial charge is 0.142 e. The van der Waals surface area contributed by atoms with E-state index in [-0.39, 0.29) is 5.41 Å². The third-order valence-corrected chi connectivity index (χ3v) is 4.20. The van der Waals surface area contributed by atoms with Crippen LogP contribution in [0.25, 0.3) is 0 Å². The predicted octanol–water partition coefficient (Wildman–Crippen LogP) is 3.28. The van der Waals surface area contributed by atoms with Crippen molar-refractivity contribution in [3.63, 3.8) is 0 Å². The molecule has 1 aromatic carbocycles. The van der Waals surface area contributed by atoms with E-state index in [1.807, 2.05) is 12.1 Å². The van der Waals surface area contributed by atoms with E-state index in [1.54, 1.807) is 7.11 Å². The number of piperazine rings is 1. The van der Waals surface area contributed by atoms with E-state index in [4.69, 9.17) is 4.74 Å². The van der Waals surface area contributed by atoms with Gasteiger partial charge in [0.1, 0.15) is 5.75 Å². The topological polar surface area (TPSA) is 24.5 Å². The second-order valence-corrected chi connectivity index (χ2v) is 7.05. The van der Waals surface area contributed by atoms with Crippen molar-refractivity contribution in [3.8, 4) is 5.75 Å². The van der Waals surface area contributed by atoms with Crippen LogP contribution in [0, 0.1) is 5.41 Å². The highest BCUT2D eigenvalue weighted by molar-refractivity contribution is 9.10. The number of nitrogens with zero attached hydrogens (tertiary/aromatic N) is 1. The van der Waals surface area contributed by atoms with Gasteiger partial charge in [-0.05, 0) is 23.6 Å². The molecule has 1 atom stereocenters. The van der Waals surface area contributed by atoms with Gasteiger partial charge in [-0.2, -0.15) is 0 Å². The van der Waals surface area contributed by atoms with Gasteiger partial charge in [0.2, 0.25) is 0 Å². The second kappa shape index (κ2) is 5.71. The van der Waals surface area contributed by atoms with Gasteiger partial charge in [-0.1, -0.05) is 36.7 Å². The molecule has 1 unspecified atom stereocenters. The molecule has 0 spiro atoms. The van der Waals surface area contributed by atoms with Gasteiger partial charge >= 0.3 is 0 Å². The number of nitrogens with one attached hydrogen (secondary N) is 1. The predicted molar refractivity (Wildman–Crippen MR) is 84.2 cm³/mol. The molecule has 1 aromatic rings. The molecule has 106 valence electrons. The molecule has 0 bridgehead atoms. The molecule has 2 rings (SSSR count). The second-order valence-electron chi connectivity index (χ2n) is 6.13. The van der Waals surface area contributed by atoms with Gasteiger partial charge in [0.05, 0.1) is 12.8 Å². The summed E-state index contributed by atoms with van der Waals surface area (Å²) in [4.78, 5) is 2.41. The molecule has 4 heteroatoms. The molecule has 0 aromatic heterocycles. The number of hydrogen-bond acceptors (Lipinski definition) is 3. The number of benzene rings is 1. The third-order valence-electron chi connectivity index (χ3n) is 3.70. The van der Waals surface area contributed by atoms with Gasteiger partial charge in [-0.3, -0.25) is 0 Å². The monoisotopic (exact) mass is 326 g/mol. The fourth-order valence-corrected chi connectivity index (χ4v) is 2.81. The molecule has 19 heavy (non-hydrogen) atoms. The van der Waals surface area contributed by atoms with Crippen LogP contribution in [0.4, 0.5) is 5.69 Å². The fourth-order valence-electron chi connectivity index (χ4n) is 2.46. The van der Waals surface area contributed by atoms with E-state index in [0.717, 1.165) is 29.9 Å². The quantitative estimate of drug-likeness (QED) is 0.902. The highest BCUT2D eigenvalue weighted by Crippen LogP contribution is 2.33. The minimum Gasteiger partial charge on any atom is -0.495 e. The van der Waals surface area contributed by atoms with Crippen LogP contribution in [0.3, 0.4) is 0 Å². The van der Waals surface area contributed by atoms with Crippen LogP contribution in [0.1, 0.15) is 20.8 Å². The highest BCUT2D eigenvalue weighted by atomic mass is 79.9. The zero-order valence-electron chi connectivity index (χ0n) is 12.2. The number of rotatable bonds is 2. The Morgan fingerprint density at radius 3 is 2.74 bits per heavy atom. The lowest BCUT2D eigenvalue weighted by Crippen LogP contribution is -2.56. The molecule has 1 heterocycles. The van der Waals surface area contributed by atoms with Crippen molar-refractivity contribution in [2.75, 3.05) is 31.6 Å². The summed E-state index contributed by atoms with van der Waals surface area (Å²) in [5, 5.41) is 3.62. The Balaban J connectivity index is 2.24. The van der Waals surface area contributed by atoms with E-state index in [1.165, 1.54) is 5.69 Å². The first-order valence-corrected chi connectivity index (χ1v) is 7.53. The third kappa shape index (κ3) is 3.42. The Bertz CT molecular complexity index is 442. The molecular formula is C15H23BrN2O. The van der Waals surface area contributed by atoms with Crippen LogP contribution < -0.4 is 15.0 Å². The Labute approximate surface area is 124 Å². The summed E-state index contributed by atoms with van der Waals surface area (Å²) >= 11 is 3.55. The van der Waals surface area contributed by atoms with E-state index >= 15 is 0 Å². The average molecular weight is 327 g/mol. The summed E-state index contributed by atoms with van der Waals surface area (Å²) in [5.41, 5.74) is 1.44. The Morgan fingerprint density at radius 2 is 2.11 bits per heavy atom. The summed E-state index contributed by atoms with van der Waals surface area (Å²) in [6.45, 7) is 9.89. The minimum absolute atomic E-state index is 0.262. The number of anilines is 1. The van der Waals surface area contributed by atoms with Gasteiger partial charge in [-0.25, -0.2) is 0 Å². The van der Waals surface area contributed by atoms with Crippen molar-refractivity contribution < 1.29 is 4.74 Å². The molecular weight excluding hydrogens is 304 g/mol. The van der Waals surface area contributed by atoms with E-state index in [2.05, 4.69) is 53.0 Å². The Hall–Kier alpha value is -0.740. The molecule has 0 amide bonds. The van der Waals surface area contributed by atoms with Crippen molar-refractivity contribution in [2.45, 2.75) is 26.8 Å². The number of hydrogen-bond donors (Lipinski definition) is 1. The van der Waals surface area contributed by atoms with Crippen molar-refractivity contribution in [1.29, 1.82) is 0 Å². The van der Waals surface area contributed by atoms with Gasteiger partial charge in [0.25, 0.3) is 0 Å². The number of methoxy groups -OCH3 is 1. The zero-order chi connectivity index (χ0) is 14.0. The van der Waals surface area contributed by atoms with Crippen molar-refractivity contribution in [2.24, 2.45) is 5.41 Å². The van der Waals surface area contributed by atoms with Crippen LogP contribution >= 0.6 is 15.9 Å². The van der Waals surface area contributed by atoms with Gasteiger partial charge < -0.3 is 15.0 Å². The van der Waals surface area contributed by atoms with E-state index < -0.39 is 0 Å². The van der Waals surface area contributed by atoms with Crippen molar-refractivity contribution in [1.82, 2.24) is 5.32 Å². The summed E-state index contributed by atoms with van der Waals surface area (Å²) in [6, 6.07) is 6.67. The fraction of sp³-hybridized carbons (Fsp3) is 0.600. The Kier molecular flexibility index (Phi) is 4.41. The lowest BCUT2D eigenvalue weighted by molar-refractivity contribution is 0.253. The van der Waals surface area contributed by atoms with Gasteiger partial charge in [0.15, 0.2) is 0 Å². The summed E-state index contributed by atoms with van der Waals surface area (Å²) in [5.74, 6) is 0.942. The highest BCUT2D eigenvalue weighted by Gasteiger charge is 2.30. The Morgan fingerprint density at radius 1 is 1.37 bits per heavy atom. The minimum atomic E-state index is 0.262. The van der Waals surface area contributed by atoms with Crippen molar-refractivity contribution in [3.05, 3.63) is 22.7 Å². The normalized spacial score (nSPS) is 20.5. The molecule has 1 N–H and O–H groups in total. The molecule has 1 aliphatic heterocycles. The van der Waals surface area contributed by atoms with Gasteiger partial charge in [-0.15, -0.1) is 0 Å². The van der Waals surface area contributed by atoms with E-state index in [9.17, 15) is 0 Å². The molecule has 1 fully saturated rings. The molecule has 0 saturated carbocycles. The van der Waals surface area contributed by atoms with Crippen LogP contribution in [-0.4, -0.2) is 32.8 Å². The maximum absolute atomic E-state index is 5.49. The standard InChI is InChI=1S/C15H23BrN2O/c1-15(2,3)14-10-18(8-7-17-14)12-9-11(16)5-6-13(12)19-4/h5-6,9,14,17H,7-8,10H2,1-4H3. The first kappa shape index (κ1) is 14.7. The maximum Gasteiger partial charge on any atom is 0.142 e. The lowest BCUT2D eigenvalue weighted by atomic mass is 9.85. The number of ether oxygens (including phenoxy) is 1. The van der Waals surface area contributed by atoms with Crippen LogP contribution in [0.2, 0.25) is 0 Å². The largest absolute Gasteiger partial charge is 0.495 e. The molecule has 0 radical (unpaired) electrons. The maximum atomic E-state index is 5.49. The summed E-state index contributed by atoms with van der Waals surface area (Å²) in [6.07, 6.45) is 0. The van der Waals surface area contributed by atoms with E-state index in [0.29, 0.717) is 6.04 Å². The lowest BCUT2D eigenvalue weighted by Gasteiger charge is -2.41. The van der Waals surface area contributed by atoms with Gasteiger partial charge in [0, 0.05) is 30.1 Å². The molecule has 3 nitrogen and oxygen atoms in total. The molecule has 0 aliphatic carbocycles. The number of halogens is 1. The first-order valence-electron chi connectivity index (χ1n) is 6.73. The van der Waals surface area contributed by atoms with Crippen molar-refractivity contribution >= 4 is 21.6 Å². The molecule has 1 saturated heterocycles. The zero-order valence-corrected chi connectivity index (χ0v) is 13.8.